The molecule has 180 valence electrons. The van der Waals surface area contributed by atoms with Crippen LogP contribution in [0.4, 0.5) is 5.00 Å². The highest BCUT2D eigenvalue weighted by atomic mass is 32.1. The highest BCUT2D eigenvalue weighted by Crippen LogP contribution is 2.31. The number of esters is 1. The number of benzene rings is 2. The molecule has 0 aliphatic carbocycles. The number of anilines is 1. The molecule has 4 rings (SSSR count). The van der Waals surface area contributed by atoms with Crippen LogP contribution in [0.1, 0.15) is 35.7 Å². The summed E-state index contributed by atoms with van der Waals surface area (Å²) in [6, 6.07) is 17.5. The topological polar surface area (TPSA) is 101 Å². The van der Waals surface area contributed by atoms with Crippen LogP contribution >= 0.6 is 22.9 Å². The highest BCUT2D eigenvalue weighted by molar-refractivity contribution is 7.14. The molecule has 4 aromatic rings. The number of carbonyl (C=O) groups is 2. The summed E-state index contributed by atoms with van der Waals surface area (Å²) in [6.45, 7) is 2.05. The second-order valence-electron chi connectivity index (χ2n) is 8.02. The molecule has 0 radical (unpaired) electrons. The molecule has 0 saturated heterocycles. The fourth-order valence-electron chi connectivity index (χ4n) is 3.96. The van der Waals surface area contributed by atoms with Crippen molar-refractivity contribution >= 4 is 39.7 Å². The molecule has 0 spiro atoms. The normalized spacial score (nSPS) is 11.7. The van der Waals surface area contributed by atoms with Gasteiger partial charge in [-0.1, -0.05) is 61.9 Å². The van der Waals surface area contributed by atoms with Gasteiger partial charge in [-0.15, -0.1) is 11.3 Å². The van der Waals surface area contributed by atoms with E-state index in [2.05, 4.69) is 14.7 Å². The number of hydrogen-bond acceptors (Lipinski definition) is 7. The molecule has 0 aliphatic heterocycles. The Bertz CT molecular complexity index is 1370. The number of ether oxygens (including phenoxy) is 1. The van der Waals surface area contributed by atoms with Crippen LogP contribution in [0.2, 0.25) is 0 Å². The van der Waals surface area contributed by atoms with Gasteiger partial charge < -0.3 is 10.1 Å². The molecule has 35 heavy (non-hydrogen) atoms. The van der Waals surface area contributed by atoms with Gasteiger partial charge in [0, 0.05) is 23.0 Å². The number of rotatable bonds is 9. The van der Waals surface area contributed by atoms with Gasteiger partial charge in [0.2, 0.25) is 5.91 Å². The largest absolute Gasteiger partial charge is 0.465 e. The first-order chi connectivity index (χ1) is 17.0. The molecule has 1 unspecified atom stereocenters. The Hall–Kier alpha value is -3.56. The molecule has 2 aromatic heterocycles. The molecule has 0 bridgehead atoms. The number of carbonyl (C=O) groups excluding carboxylic acids is 2. The van der Waals surface area contributed by atoms with Gasteiger partial charge in [0.25, 0.3) is 0 Å². The third-order valence-corrected chi connectivity index (χ3v) is 7.06. The van der Waals surface area contributed by atoms with E-state index >= 15 is 0 Å². The zero-order valence-electron chi connectivity index (χ0n) is 19.4. The van der Waals surface area contributed by atoms with Gasteiger partial charge >= 0.3 is 10.8 Å². The van der Waals surface area contributed by atoms with Crippen molar-refractivity contribution < 1.29 is 14.3 Å². The summed E-state index contributed by atoms with van der Waals surface area (Å²) in [6.07, 6.45) is 2.18. The van der Waals surface area contributed by atoms with Gasteiger partial charge in [-0.05, 0) is 41.0 Å². The van der Waals surface area contributed by atoms with Gasteiger partial charge in [-0.2, -0.15) is 4.37 Å². The molecule has 2 aromatic carbocycles. The number of H-pyrrole nitrogens is 1. The number of aromatic nitrogens is 2. The van der Waals surface area contributed by atoms with E-state index in [4.69, 9.17) is 4.74 Å². The molecule has 7 nitrogen and oxygen atoms in total. The van der Waals surface area contributed by atoms with Crippen LogP contribution in [0.5, 0.6) is 0 Å². The molecule has 1 amide bonds. The summed E-state index contributed by atoms with van der Waals surface area (Å²) in [7, 11) is 1.32. The Balaban J connectivity index is 1.51. The minimum atomic E-state index is -0.466. The fourth-order valence-corrected chi connectivity index (χ4v) is 5.20. The predicted molar refractivity (Wildman–Crippen MR) is 140 cm³/mol. The molecule has 0 fully saturated rings. The number of methoxy groups -OCH3 is 1. The van der Waals surface area contributed by atoms with Crippen molar-refractivity contribution in [2.24, 2.45) is 5.92 Å². The van der Waals surface area contributed by atoms with E-state index in [1.165, 1.54) is 18.4 Å². The monoisotopic (exact) mass is 507 g/mol. The third kappa shape index (κ3) is 5.75. The van der Waals surface area contributed by atoms with Crippen LogP contribution in [-0.2, 0) is 16.0 Å². The number of thiophene rings is 1. The third-order valence-electron chi connectivity index (χ3n) is 5.68. The Kier molecular flexibility index (Phi) is 7.89. The van der Waals surface area contributed by atoms with Crippen LogP contribution in [0.15, 0.2) is 64.8 Å². The van der Waals surface area contributed by atoms with Crippen LogP contribution in [0.25, 0.3) is 22.5 Å². The molecule has 9 heteroatoms. The number of amides is 1. The average Bonchev–Trinajstić information content (AvgIpc) is 3.52. The number of nitrogens with one attached hydrogen (secondary N) is 2. The minimum absolute atomic E-state index is 0.110. The van der Waals surface area contributed by atoms with Gasteiger partial charge in [0.15, 0.2) is 5.82 Å². The van der Waals surface area contributed by atoms with Crippen molar-refractivity contribution in [1.82, 2.24) is 9.36 Å². The summed E-state index contributed by atoms with van der Waals surface area (Å²) in [4.78, 5) is 39.2. The predicted octanol–water partition coefficient (Wildman–Crippen LogP) is 5.61. The van der Waals surface area contributed by atoms with E-state index < -0.39 is 5.97 Å². The lowest BCUT2D eigenvalue weighted by atomic mass is 9.92. The molecule has 1 atom stereocenters. The van der Waals surface area contributed by atoms with Crippen molar-refractivity contribution in [2.75, 3.05) is 12.4 Å². The van der Waals surface area contributed by atoms with E-state index in [0.717, 1.165) is 46.6 Å². The summed E-state index contributed by atoms with van der Waals surface area (Å²) in [5, 5.41) is 5.19. The molecular formula is C26H25N3O4S2. The highest BCUT2D eigenvalue weighted by Gasteiger charge is 2.22. The summed E-state index contributed by atoms with van der Waals surface area (Å²) < 4.78 is 9.02. The van der Waals surface area contributed by atoms with E-state index in [1.807, 2.05) is 55.5 Å². The fraction of sp³-hybridized carbons (Fsp3) is 0.231. The zero-order valence-corrected chi connectivity index (χ0v) is 21.0. The molecule has 0 aliphatic rings. The number of aromatic amines is 1. The van der Waals surface area contributed by atoms with Crippen LogP contribution in [-0.4, -0.2) is 28.3 Å². The quantitative estimate of drug-likeness (QED) is 0.287. The van der Waals surface area contributed by atoms with Gasteiger partial charge in [0.05, 0.1) is 12.7 Å². The summed E-state index contributed by atoms with van der Waals surface area (Å²) in [5.41, 5.74) is 4.23. The first-order valence-corrected chi connectivity index (χ1v) is 12.9. The van der Waals surface area contributed by atoms with E-state index in [1.54, 1.807) is 11.4 Å². The molecular weight excluding hydrogens is 482 g/mol. The van der Waals surface area contributed by atoms with Crippen molar-refractivity contribution in [1.29, 1.82) is 0 Å². The Labute approximate surface area is 211 Å². The molecule has 2 N–H and O–H groups in total. The summed E-state index contributed by atoms with van der Waals surface area (Å²) in [5.74, 6) is -0.252. The van der Waals surface area contributed by atoms with Gasteiger partial charge in [0.1, 0.15) is 5.00 Å². The lowest BCUT2D eigenvalue weighted by Gasteiger charge is -2.17. The van der Waals surface area contributed by atoms with E-state index in [9.17, 15) is 14.4 Å². The van der Waals surface area contributed by atoms with Gasteiger partial charge in [-0.25, -0.2) is 4.79 Å². The summed E-state index contributed by atoms with van der Waals surface area (Å²) >= 11 is 2.21. The van der Waals surface area contributed by atoms with Crippen LogP contribution in [0, 0.1) is 5.92 Å². The number of hydrogen-bond donors (Lipinski definition) is 2. The number of nitrogens with zero attached hydrogens (tertiary/aromatic N) is 1. The molecule has 2 heterocycles. The first-order valence-electron chi connectivity index (χ1n) is 11.2. The standard InChI is InChI=1S/C26H25N3O4S2/c1-3-6-18(23(30)28-24-21(13-14-34-24)25(31)33-2)15-16-9-11-17(12-10-16)19-7-4-5-8-20(19)22-27-26(32)35-29-22/h4-5,7-14,18H,3,6,15H2,1-2H3,(H,28,30)(H,27,29,32). The van der Waals surface area contributed by atoms with Crippen molar-refractivity contribution in [3.8, 4) is 22.5 Å². The Morgan fingerprint density at radius 2 is 1.83 bits per heavy atom. The van der Waals surface area contributed by atoms with Crippen molar-refractivity contribution in [3.05, 3.63) is 80.8 Å². The SMILES string of the molecule is CCCC(Cc1ccc(-c2ccccc2-c2nsc(=O)[nH]2)cc1)C(=O)Nc1sccc1C(=O)OC. The average molecular weight is 508 g/mol. The van der Waals surface area contributed by atoms with Crippen LogP contribution < -0.4 is 10.2 Å². The van der Waals surface area contributed by atoms with Crippen molar-refractivity contribution in [2.45, 2.75) is 26.2 Å². The maximum absolute atomic E-state index is 13.1. The lowest BCUT2D eigenvalue weighted by molar-refractivity contribution is -0.120. The maximum atomic E-state index is 13.1. The second kappa shape index (κ2) is 11.2. The van der Waals surface area contributed by atoms with Crippen molar-refractivity contribution in [3.63, 3.8) is 0 Å². The second-order valence-corrected chi connectivity index (χ2v) is 9.67. The minimum Gasteiger partial charge on any atom is -0.465 e. The first kappa shape index (κ1) is 24.6. The van der Waals surface area contributed by atoms with E-state index in [-0.39, 0.29) is 16.7 Å². The van der Waals surface area contributed by atoms with E-state index in [0.29, 0.717) is 22.8 Å². The van der Waals surface area contributed by atoms with Crippen LogP contribution in [0.3, 0.4) is 0 Å². The van der Waals surface area contributed by atoms with Gasteiger partial charge in [-0.3, -0.25) is 14.6 Å². The zero-order chi connectivity index (χ0) is 24.8. The maximum Gasteiger partial charge on any atom is 0.340 e. The lowest BCUT2D eigenvalue weighted by Crippen LogP contribution is -2.25. The Morgan fingerprint density at radius 3 is 2.49 bits per heavy atom. The smallest absolute Gasteiger partial charge is 0.340 e. The Morgan fingerprint density at radius 1 is 1.09 bits per heavy atom. The molecule has 0 saturated carbocycles.